The monoisotopic (exact) mass is 907 g/mol. The van der Waals surface area contributed by atoms with Gasteiger partial charge in [-0.05, 0) is 70.3 Å². The molecule has 0 aromatic carbocycles. The van der Waals surface area contributed by atoms with Crippen molar-refractivity contribution in [3.8, 4) is 0 Å². The molecule has 0 aliphatic carbocycles. The topological polar surface area (TPSA) is 77.5 Å². The molecule has 8 heteroatoms. The molecule has 0 amide bonds. The van der Waals surface area contributed by atoms with Crippen LogP contribution < -0.4 is 0 Å². The molecule has 1 aliphatic heterocycles. The number of likely N-dealkylation sites (N-methyl/N-ethyl adjacent to an activating group) is 1. The summed E-state index contributed by atoms with van der Waals surface area (Å²) in [6.07, 6.45) is 43.1. The number of nitrogens with zero attached hydrogens (tertiary/aromatic N) is 2. The van der Waals surface area contributed by atoms with Crippen molar-refractivity contribution in [2.75, 3.05) is 72.8 Å². The van der Waals surface area contributed by atoms with Gasteiger partial charge in [-0.3, -0.25) is 14.5 Å². The second-order valence-corrected chi connectivity index (χ2v) is 20.1. The van der Waals surface area contributed by atoms with Gasteiger partial charge in [0.05, 0.1) is 25.9 Å². The van der Waals surface area contributed by atoms with E-state index in [9.17, 15) is 9.59 Å². The number of hydrogen-bond donors (Lipinski definition) is 0. The Bertz CT molecular complexity index is 970. The third-order valence-electron chi connectivity index (χ3n) is 13.7. The van der Waals surface area contributed by atoms with Gasteiger partial charge in [0.2, 0.25) is 0 Å². The van der Waals surface area contributed by atoms with Crippen molar-refractivity contribution in [2.24, 2.45) is 11.8 Å². The Balaban J connectivity index is 2.08. The highest BCUT2D eigenvalue weighted by Gasteiger charge is 2.20. The molecule has 1 rings (SSSR count). The highest BCUT2D eigenvalue weighted by atomic mass is 16.5. The van der Waals surface area contributed by atoms with Gasteiger partial charge in [-0.1, -0.05) is 195 Å². The summed E-state index contributed by atoms with van der Waals surface area (Å²) in [5.74, 6) is 1.09. The maximum absolute atomic E-state index is 12.5. The third-order valence-corrected chi connectivity index (χ3v) is 13.7. The Morgan fingerprint density at radius 2 is 0.766 bits per heavy atom. The largest absolute Gasteiger partial charge is 0.466 e. The molecule has 0 radical (unpaired) electrons. The molecule has 1 fully saturated rings. The molecule has 380 valence electrons. The van der Waals surface area contributed by atoms with Gasteiger partial charge < -0.3 is 23.8 Å². The van der Waals surface area contributed by atoms with Crippen LogP contribution in [0.5, 0.6) is 0 Å². The lowest BCUT2D eigenvalue weighted by Crippen LogP contribution is -2.48. The van der Waals surface area contributed by atoms with Crippen molar-refractivity contribution in [3.05, 3.63) is 0 Å². The summed E-state index contributed by atoms with van der Waals surface area (Å²) in [7, 11) is 2.22. The quantitative estimate of drug-likeness (QED) is 0.0441. The Morgan fingerprint density at radius 3 is 1.14 bits per heavy atom. The lowest BCUT2D eigenvalue weighted by molar-refractivity contribution is -0.146. The number of ether oxygens (including phenoxy) is 4. The van der Waals surface area contributed by atoms with Crippen LogP contribution in [0.15, 0.2) is 0 Å². The van der Waals surface area contributed by atoms with Gasteiger partial charge in [0.15, 0.2) is 0 Å². The van der Waals surface area contributed by atoms with Crippen LogP contribution in [-0.2, 0) is 28.5 Å². The van der Waals surface area contributed by atoms with Crippen molar-refractivity contribution >= 4 is 11.9 Å². The van der Waals surface area contributed by atoms with E-state index in [2.05, 4.69) is 44.5 Å². The van der Waals surface area contributed by atoms with E-state index >= 15 is 0 Å². The first-order valence-electron chi connectivity index (χ1n) is 28.3. The van der Waals surface area contributed by atoms with Crippen LogP contribution in [0.2, 0.25) is 0 Å². The van der Waals surface area contributed by atoms with Crippen LogP contribution in [0.25, 0.3) is 0 Å². The molecular formula is C56H110N2O6. The second-order valence-electron chi connectivity index (χ2n) is 20.1. The van der Waals surface area contributed by atoms with Gasteiger partial charge >= 0.3 is 11.9 Å². The summed E-state index contributed by atoms with van der Waals surface area (Å²) >= 11 is 0. The van der Waals surface area contributed by atoms with Crippen molar-refractivity contribution in [3.63, 3.8) is 0 Å². The average molecular weight is 908 g/mol. The average Bonchev–Trinajstić information content (AvgIpc) is 3.28. The first-order chi connectivity index (χ1) is 31.4. The van der Waals surface area contributed by atoms with E-state index in [-0.39, 0.29) is 18.0 Å². The molecular weight excluding hydrogens is 797 g/mol. The molecule has 1 saturated heterocycles. The third kappa shape index (κ3) is 39.9. The lowest BCUT2D eigenvalue weighted by atomic mass is 9.92. The minimum atomic E-state index is 0.0303. The summed E-state index contributed by atoms with van der Waals surface area (Å²) in [6.45, 7) is 18.0. The van der Waals surface area contributed by atoms with Crippen LogP contribution in [-0.4, -0.2) is 101 Å². The van der Waals surface area contributed by atoms with Gasteiger partial charge in [-0.25, -0.2) is 0 Å². The van der Waals surface area contributed by atoms with Crippen molar-refractivity contribution in [2.45, 2.75) is 265 Å². The van der Waals surface area contributed by atoms with E-state index in [0.29, 0.717) is 44.5 Å². The van der Waals surface area contributed by atoms with E-state index < -0.39 is 0 Å². The van der Waals surface area contributed by atoms with E-state index in [1.807, 2.05) is 0 Å². The summed E-state index contributed by atoms with van der Waals surface area (Å²) in [4.78, 5) is 29.9. The highest BCUT2D eigenvalue weighted by Crippen LogP contribution is 2.23. The highest BCUT2D eigenvalue weighted by molar-refractivity contribution is 5.70. The zero-order chi connectivity index (χ0) is 46.4. The lowest BCUT2D eigenvalue weighted by Gasteiger charge is -2.34. The smallest absolute Gasteiger partial charge is 0.306 e. The van der Waals surface area contributed by atoms with E-state index in [1.54, 1.807) is 0 Å². The first-order valence-corrected chi connectivity index (χ1v) is 28.3. The maximum atomic E-state index is 12.5. The number of hydrogen-bond acceptors (Lipinski definition) is 8. The molecule has 0 N–H and O–H groups in total. The molecule has 1 unspecified atom stereocenters. The number of carbonyl (C=O) groups is 2. The Hall–Kier alpha value is -1.22. The van der Waals surface area contributed by atoms with Crippen LogP contribution >= 0.6 is 0 Å². The predicted molar refractivity (Wildman–Crippen MR) is 272 cm³/mol. The van der Waals surface area contributed by atoms with Crippen LogP contribution in [0.4, 0.5) is 0 Å². The number of piperazine rings is 1. The van der Waals surface area contributed by atoms with Crippen LogP contribution in [0, 0.1) is 11.8 Å². The number of esters is 2. The number of carbonyl (C=O) groups excluding carboxylic acids is 2. The molecule has 64 heavy (non-hydrogen) atoms. The predicted octanol–water partition coefficient (Wildman–Crippen LogP) is 15.1. The van der Waals surface area contributed by atoms with Crippen molar-refractivity contribution < 1.29 is 28.5 Å². The van der Waals surface area contributed by atoms with E-state index in [1.165, 1.54) is 180 Å². The molecule has 1 aliphatic rings. The molecule has 8 nitrogen and oxygen atoms in total. The van der Waals surface area contributed by atoms with Gasteiger partial charge in [0.1, 0.15) is 0 Å². The molecule has 0 bridgehead atoms. The molecule has 1 heterocycles. The first kappa shape index (κ1) is 60.8. The normalized spacial score (nSPS) is 14.2. The SMILES string of the molecule is CCCCCC(CCCCC)CC(=O)OCCCCCCCCCCCOCC(CN1CCN(C)CC1)OCCCCCCCCCCCOC(=O)CC(CCCCC)CCCCC. The van der Waals surface area contributed by atoms with Gasteiger partial charge in [0.25, 0.3) is 0 Å². The fraction of sp³-hybridized carbons (Fsp3) is 0.964. The summed E-state index contributed by atoms with van der Waals surface area (Å²) in [5.41, 5.74) is 0. The minimum absolute atomic E-state index is 0.0303. The Labute approximate surface area is 398 Å². The Morgan fingerprint density at radius 1 is 0.422 bits per heavy atom. The summed E-state index contributed by atoms with van der Waals surface area (Å²) < 4.78 is 24.0. The van der Waals surface area contributed by atoms with E-state index in [4.69, 9.17) is 18.9 Å². The number of rotatable bonds is 49. The molecule has 0 aromatic heterocycles. The van der Waals surface area contributed by atoms with E-state index in [0.717, 1.165) is 84.5 Å². The molecule has 0 spiro atoms. The van der Waals surface area contributed by atoms with Gasteiger partial charge in [0, 0.05) is 58.8 Å². The van der Waals surface area contributed by atoms with Crippen molar-refractivity contribution in [1.82, 2.24) is 9.80 Å². The van der Waals surface area contributed by atoms with Gasteiger partial charge in [-0.2, -0.15) is 0 Å². The Kier molecular flexibility index (Phi) is 44.5. The second kappa shape index (κ2) is 46.9. The minimum Gasteiger partial charge on any atom is -0.466 e. The van der Waals surface area contributed by atoms with Gasteiger partial charge in [-0.15, -0.1) is 0 Å². The van der Waals surface area contributed by atoms with Crippen LogP contribution in [0.3, 0.4) is 0 Å². The number of unbranched alkanes of at least 4 members (excludes halogenated alkanes) is 24. The summed E-state index contributed by atoms with van der Waals surface area (Å²) in [5, 5.41) is 0. The van der Waals surface area contributed by atoms with Crippen molar-refractivity contribution in [1.29, 1.82) is 0 Å². The summed E-state index contributed by atoms with van der Waals surface area (Å²) in [6, 6.07) is 0. The zero-order valence-electron chi connectivity index (χ0n) is 43.6. The standard InChI is InChI=1S/C56H110N2O6/c1-6-10-28-36-52(37-29-11-7-2)48-55(59)63-46-34-26-22-18-14-16-20-24-32-44-61-51-54(50-58-42-40-57(5)41-43-58)62-45-33-25-21-17-15-19-23-27-35-47-64-56(60)49-53(38-30-12-8-3)39-31-13-9-4/h52-54H,6-51H2,1-5H3. The molecule has 1 atom stereocenters. The fourth-order valence-electron chi connectivity index (χ4n) is 9.31. The maximum Gasteiger partial charge on any atom is 0.306 e. The zero-order valence-corrected chi connectivity index (χ0v) is 43.6. The molecule has 0 saturated carbocycles. The molecule has 0 aromatic rings. The fourth-order valence-corrected chi connectivity index (χ4v) is 9.31. The van der Waals surface area contributed by atoms with Crippen LogP contribution in [0.1, 0.15) is 259 Å².